The van der Waals surface area contributed by atoms with Gasteiger partial charge in [-0.1, -0.05) is 17.8 Å². The zero-order valence-corrected chi connectivity index (χ0v) is 14.5. The second-order valence-electron chi connectivity index (χ2n) is 5.37. The molecule has 0 amide bonds. The summed E-state index contributed by atoms with van der Waals surface area (Å²) in [5.41, 5.74) is 3.28. The van der Waals surface area contributed by atoms with Crippen molar-refractivity contribution in [3.63, 3.8) is 0 Å². The van der Waals surface area contributed by atoms with Gasteiger partial charge in [-0.15, -0.1) is 5.10 Å². The Labute approximate surface area is 143 Å². The maximum atomic E-state index is 13.9. The molecule has 3 aromatic rings. The molecule has 0 saturated carbocycles. The van der Waals surface area contributed by atoms with E-state index >= 15 is 0 Å². The lowest BCUT2D eigenvalue weighted by Crippen LogP contribution is -2.02. The van der Waals surface area contributed by atoms with Crippen LogP contribution in [0, 0.1) is 31.0 Å². The van der Waals surface area contributed by atoms with Crippen LogP contribution in [0.5, 0.6) is 0 Å². The van der Waals surface area contributed by atoms with E-state index in [1.165, 1.54) is 17.8 Å². The number of imidazole rings is 1. The third-order valence-corrected chi connectivity index (χ3v) is 4.96. The Bertz CT molecular complexity index is 958. The van der Waals surface area contributed by atoms with Gasteiger partial charge in [-0.05, 0) is 38.5 Å². The molecule has 0 aliphatic rings. The van der Waals surface area contributed by atoms with E-state index in [4.69, 9.17) is 0 Å². The fourth-order valence-electron chi connectivity index (χ4n) is 2.58. The van der Waals surface area contributed by atoms with Crippen molar-refractivity contribution in [3.8, 4) is 6.07 Å². The summed E-state index contributed by atoms with van der Waals surface area (Å²) in [6, 6.07) is 7.15. The predicted octanol–water partition coefficient (Wildman–Crippen LogP) is 3.77. The molecule has 3 rings (SSSR count). The molecular weight excluding hydrogens is 325 g/mol. The minimum atomic E-state index is -0.324. The predicted molar refractivity (Wildman–Crippen MR) is 91.1 cm³/mol. The van der Waals surface area contributed by atoms with Crippen molar-refractivity contribution in [2.24, 2.45) is 0 Å². The number of fused-ring (bicyclic) bond motifs is 1. The molecule has 0 unspecified atom stereocenters. The Morgan fingerprint density at radius 2 is 2.08 bits per heavy atom. The van der Waals surface area contributed by atoms with Crippen LogP contribution in [0.3, 0.4) is 0 Å². The Balaban J connectivity index is 1.96. The highest BCUT2D eigenvalue weighted by atomic mass is 32.2. The van der Waals surface area contributed by atoms with E-state index in [0.717, 1.165) is 22.6 Å². The first-order chi connectivity index (χ1) is 11.6. The van der Waals surface area contributed by atoms with E-state index < -0.39 is 0 Å². The Kier molecular flexibility index (Phi) is 4.49. The van der Waals surface area contributed by atoms with Crippen molar-refractivity contribution >= 4 is 22.8 Å². The van der Waals surface area contributed by atoms with Gasteiger partial charge in [0.25, 0.3) is 0 Å². The Morgan fingerprint density at radius 3 is 2.79 bits per heavy atom. The lowest BCUT2D eigenvalue weighted by Gasteiger charge is -2.08. The van der Waals surface area contributed by atoms with Gasteiger partial charge >= 0.3 is 0 Å². The Morgan fingerprint density at radius 1 is 1.29 bits per heavy atom. The number of hydrogen-bond donors (Lipinski definition) is 0. The first-order valence-corrected chi connectivity index (χ1v) is 8.55. The lowest BCUT2D eigenvalue weighted by atomic mass is 10.1. The van der Waals surface area contributed by atoms with E-state index in [0.29, 0.717) is 28.4 Å². The summed E-state index contributed by atoms with van der Waals surface area (Å²) in [6.45, 7) is 6.39. The number of hydrogen-bond acceptors (Lipinski definition) is 5. The second kappa shape index (κ2) is 6.57. The number of halogens is 1. The molecule has 5 nitrogen and oxygen atoms in total. The molecular formula is C17H16FN5S. The maximum absolute atomic E-state index is 13.9. The van der Waals surface area contributed by atoms with E-state index in [9.17, 15) is 9.65 Å². The minimum Gasteiger partial charge on any atom is -0.327 e. The van der Waals surface area contributed by atoms with Crippen molar-refractivity contribution in [2.45, 2.75) is 38.1 Å². The van der Waals surface area contributed by atoms with E-state index in [2.05, 4.69) is 21.3 Å². The number of para-hydroxylation sites is 1. The van der Waals surface area contributed by atoms with Gasteiger partial charge in [0.05, 0.1) is 22.5 Å². The summed E-state index contributed by atoms with van der Waals surface area (Å²) in [7, 11) is 0. The molecule has 2 aromatic heterocycles. The molecule has 0 bridgehead atoms. The van der Waals surface area contributed by atoms with Gasteiger partial charge in [-0.2, -0.15) is 10.4 Å². The smallest absolute Gasteiger partial charge is 0.151 e. The molecule has 0 N–H and O–H groups in total. The number of aryl methyl sites for hydroxylation is 2. The summed E-state index contributed by atoms with van der Waals surface area (Å²) in [5.74, 6) is 0.925. The van der Waals surface area contributed by atoms with Gasteiger partial charge in [0.15, 0.2) is 5.82 Å². The van der Waals surface area contributed by atoms with E-state index in [-0.39, 0.29) is 5.82 Å². The van der Waals surface area contributed by atoms with Gasteiger partial charge in [-0.25, -0.2) is 9.37 Å². The van der Waals surface area contributed by atoms with Crippen LogP contribution in [-0.4, -0.2) is 19.7 Å². The highest BCUT2D eigenvalue weighted by molar-refractivity contribution is 7.98. The fourth-order valence-corrected chi connectivity index (χ4v) is 3.50. The molecule has 0 radical (unpaired) electrons. The quantitative estimate of drug-likeness (QED) is 0.676. The summed E-state index contributed by atoms with van der Waals surface area (Å²) in [4.78, 5) is 4.43. The third-order valence-electron chi connectivity index (χ3n) is 4.00. The van der Waals surface area contributed by atoms with Crippen molar-refractivity contribution in [1.82, 2.24) is 19.7 Å². The summed E-state index contributed by atoms with van der Waals surface area (Å²) in [5, 5.41) is 18.2. The van der Waals surface area contributed by atoms with E-state index in [1.54, 1.807) is 6.07 Å². The molecule has 1 aromatic carbocycles. The van der Waals surface area contributed by atoms with Crippen LogP contribution in [0.15, 0.2) is 23.2 Å². The highest BCUT2D eigenvalue weighted by Crippen LogP contribution is 2.28. The molecule has 0 aliphatic carbocycles. The van der Waals surface area contributed by atoms with Gasteiger partial charge in [0, 0.05) is 6.54 Å². The van der Waals surface area contributed by atoms with Gasteiger partial charge in [0.1, 0.15) is 22.4 Å². The molecule has 0 atom stereocenters. The summed E-state index contributed by atoms with van der Waals surface area (Å²) in [6.07, 6.45) is 0. The molecule has 0 fully saturated rings. The fraction of sp³-hybridized carbons (Fsp3) is 0.294. The van der Waals surface area contributed by atoms with Crippen LogP contribution in [0.25, 0.3) is 11.0 Å². The van der Waals surface area contributed by atoms with Crippen molar-refractivity contribution in [2.75, 3.05) is 0 Å². The lowest BCUT2D eigenvalue weighted by molar-refractivity contribution is 0.637. The van der Waals surface area contributed by atoms with Crippen LogP contribution in [0.1, 0.15) is 29.6 Å². The highest BCUT2D eigenvalue weighted by Gasteiger charge is 2.16. The SMILES string of the molecule is CCn1c(CSc2nnc(C)c(C)c2C#N)nc2c(F)cccc21. The molecule has 0 saturated heterocycles. The standard InChI is InChI=1S/C17H16FN5S/c1-4-23-14-7-5-6-13(18)16(14)20-15(23)9-24-17-12(8-19)10(2)11(3)21-22-17/h5-7H,4,9H2,1-3H3. The maximum Gasteiger partial charge on any atom is 0.151 e. The van der Waals surface area contributed by atoms with Gasteiger partial charge in [-0.3, -0.25) is 0 Å². The molecule has 122 valence electrons. The van der Waals surface area contributed by atoms with Crippen LogP contribution >= 0.6 is 11.8 Å². The minimum absolute atomic E-state index is 0.324. The van der Waals surface area contributed by atoms with Crippen molar-refractivity contribution in [1.29, 1.82) is 5.26 Å². The van der Waals surface area contributed by atoms with Gasteiger partial charge < -0.3 is 4.57 Å². The number of rotatable bonds is 4. The topological polar surface area (TPSA) is 67.4 Å². The van der Waals surface area contributed by atoms with Crippen LogP contribution in [-0.2, 0) is 12.3 Å². The Hall–Kier alpha value is -2.46. The number of nitriles is 1. The number of benzene rings is 1. The molecule has 7 heteroatoms. The molecule has 24 heavy (non-hydrogen) atoms. The normalized spacial score (nSPS) is 11.0. The summed E-state index contributed by atoms with van der Waals surface area (Å²) < 4.78 is 15.9. The van der Waals surface area contributed by atoms with Crippen molar-refractivity contribution in [3.05, 3.63) is 46.7 Å². The average molecular weight is 341 g/mol. The zero-order valence-electron chi connectivity index (χ0n) is 13.7. The number of thioether (sulfide) groups is 1. The number of aromatic nitrogens is 4. The largest absolute Gasteiger partial charge is 0.327 e. The van der Waals surface area contributed by atoms with Crippen LogP contribution in [0.4, 0.5) is 4.39 Å². The van der Waals surface area contributed by atoms with E-state index in [1.807, 2.05) is 31.4 Å². The second-order valence-corrected chi connectivity index (χ2v) is 6.33. The van der Waals surface area contributed by atoms with Crippen LogP contribution < -0.4 is 0 Å². The van der Waals surface area contributed by atoms with Gasteiger partial charge in [0.2, 0.25) is 0 Å². The number of nitrogens with zero attached hydrogens (tertiary/aromatic N) is 5. The monoisotopic (exact) mass is 341 g/mol. The molecule has 2 heterocycles. The first kappa shape index (κ1) is 16.4. The zero-order chi connectivity index (χ0) is 17.3. The summed E-state index contributed by atoms with van der Waals surface area (Å²) >= 11 is 1.40. The molecule has 0 spiro atoms. The van der Waals surface area contributed by atoms with Crippen molar-refractivity contribution < 1.29 is 4.39 Å². The van der Waals surface area contributed by atoms with Crippen LogP contribution in [0.2, 0.25) is 0 Å². The average Bonchev–Trinajstić information content (AvgIpc) is 2.95. The first-order valence-electron chi connectivity index (χ1n) is 7.57. The molecule has 0 aliphatic heterocycles. The third kappa shape index (κ3) is 2.74.